The van der Waals surface area contributed by atoms with Crippen LogP contribution in [0.15, 0.2) is 24.8 Å². The standard InChI is InChI=1S/C21H29N3O5/c1-6-7-15-12-16(13-17(28-4)18(15)29-5)20(26)23-8-10-24(11-9-23)21(27)19(25)22-14(2)3/h6,12-14H,1,7-11H2,2-5H3,(H,22,25). The third-order valence-corrected chi connectivity index (χ3v) is 4.64. The summed E-state index contributed by atoms with van der Waals surface area (Å²) in [6.45, 7) is 8.66. The molecule has 1 saturated heterocycles. The van der Waals surface area contributed by atoms with Crippen molar-refractivity contribution >= 4 is 17.7 Å². The molecule has 29 heavy (non-hydrogen) atoms. The van der Waals surface area contributed by atoms with Crippen molar-refractivity contribution < 1.29 is 23.9 Å². The molecule has 1 aliphatic rings. The summed E-state index contributed by atoms with van der Waals surface area (Å²) in [6.07, 6.45) is 2.27. The number of methoxy groups -OCH3 is 2. The van der Waals surface area contributed by atoms with E-state index in [0.717, 1.165) is 5.56 Å². The van der Waals surface area contributed by atoms with Gasteiger partial charge in [-0.15, -0.1) is 6.58 Å². The lowest BCUT2D eigenvalue weighted by molar-refractivity contribution is -0.147. The molecule has 0 saturated carbocycles. The molecule has 0 bridgehead atoms. The van der Waals surface area contributed by atoms with Crippen LogP contribution < -0.4 is 14.8 Å². The molecule has 8 heteroatoms. The maximum Gasteiger partial charge on any atom is 0.312 e. The summed E-state index contributed by atoms with van der Waals surface area (Å²) in [5, 5.41) is 2.60. The van der Waals surface area contributed by atoms with Crippen LogP contribution in [-0.4, -0.2) is 74.0 Å². The van der Waals surface area contributed by atoms with Gasteiger partial charge in [0, 0.05) is 43.3 Å². The summed E-state index contributed by atoms with van der Waals surface area (Å²) in [5.74, 6) is -0.279. The number of hydrogen-bond donors (Lipinski definition) is 1. The SMILES string of the molecule is C=CCc1cc(C(=O)N2CCN(C(=O)C(=O)NC(C)C)CC2)cc(OC)c1OC. The first kappa shape index (κ1) is 22.3. The van der Waals surface area contributed by atoms with Gasteiger partial charge in [-0.1, -0.05) is 6.08 Å². The van der Waals surface area contributed by atoms with Crippen molar-refractivity contribution in [1.29, 1.82) is 0 Å². The number of allylic oxidation sites excluding steroid dienone is 1. The molecule has 0 radical (unpaired) electrons. The van der Waals surface area contributed by atoms with E-state index in [1.54, 1.807) is 44.1 Å². The highest BCUT2D eigenvalue weighted by molar-refractivity contribution is 6.35. The van der Waals surface area contributed by atoms with Crippen LogP contribution in [0, 0.1) is 0 Å². The summed E-state index contributed by atoms with van der Waals surface area (Å²) in [5.41, 5.74) is 1.29. The lowest BCUT2D eigenvalue weighted by Crippen LogP contribution is -2.54. The molecule has 1 N–H and O–H groups in total. The molecule has 0 atom stereocenters. The van der Waals surface area contributed by atoms with Crippen LogP contribution in [0.2, 0.25) is 0 Å². The summed E-state index contributed by atoms with van der Waals surface area (Å²) in [4.78, 5) is 40.3. The number of hydrogen-bond acceptors (Lipinski definition) is 5. The quantitative estimate of drug-likeness (QED) is 0.570. The largest absolute Gasteiger partial charge is 0.493 e. The Morgan fingerprint density at radius 3 is 2.24 bits per heavy atom. The molecule has 2 rings (SSSR count). The molecule has 0 aliphatic carbocycles. The maximum absolute atomic E-state index is 13.0. The van der Waals surface area contributed by atoms with Crippen LogP contribution in [0.4, 0.5) is 0 Å². The van der Waals surface area contributed by atoms with E-state index in [-0.39, 0.29) is 11.9 Å². The van der Waals surface area contributed by atoms with E-state index in [2.05, 4.69) is 11.9 Å². The third kappa shape index (κ3) is 5.28. The van der Waals surface area contributed by atoms with Gasteiger partial charge in [0.25, 0.3) is 5.91 Å². The van der Waals surface area contributed by atoms with Crippen LogP contribution in [0.25, 0.3) is 0 Å². The van der Waals surface area contributed by atoms with Crippen LogP contribution >= 0.6 is 0 Å². The summed E-state index contributed by atoms with van der Waals surface area (Å²) in [6, 6.07) is 3.32. The first-order chi connectivity index (χ1) is 13.8. The predicted octanol–water partition coefficient (Wildman–Crippen LogP) is 1.24. The molecule has 1 aromatic rings. The van der Waals surface area contributed by atoms with Crippen molar-refractivity contribution in [3.8, 4) is 11.5 Å². The Morgan fingerprint density at radius 1 is 1.10 bits per heavy atom. The fraction of sp³-hybridized carbons (Fsp3) is 0.476. The second kappa shape index (κ2) is 9.95. The number of amides is 3. The minimum absolute atomic E-state index is 0.107. The molecule has 1 aromatic carbocycles. The zero-order valence-corrected chi connectivity index (χ0v) is 17.5. The molecule has 1 fully saturated rings. The normalized spacial score (nSPS) is 13.8. The van der Waals surface area contributed by atoms with E-state index >= 15 is 0 Å². The van der Waals surface area contributed by atoms with Gasteiger partial charge in [-0.25, -0.2) is 0 Å². The fourth-order valence-corrected chi connectivity index (χ4v) is 3.24. The Balaban J connectivity index is 2.11. The van der Waals surface area contributed by atoms with E-state index in [9.17, 15) is 14.4 Å². The van der Waals surface area contributed by atoms with Crippen LogP contribution in [-0.2, 0) is 16.0 Å². The molecule has 1 aliphatic heterocycles. The van der Waals surface area contributed by atoms with Crippen molar-refractivity contribution in [2.24, 2.45) is 0 Å². The van der Waals surface area contributed by atoms with Gasteiger partial charge in [0.15, 0.2) is 11.5 Å². The minimum atomic E-state index is -0.617. The zero-order valence-electron chi connectivity index (χ0n) is 17.5. The highest BCUT2D eigenvalue weighted by Gasteiger charge is 2.29. The topological polar surface area (TPSA) is 88.2 Å². The molecule has 158 valence electrons. The Hall–Kier alpha value is -3.03. The summed E-state index contributed by atoms with van der Waals surface area (Å²) < 4.78 is 10.8. The first-order valence-electron chi connectivity index (χ1n) is 9.57. The Labute approximate surface area is 171 Å². The molecule has 0 aromatic heterocycles. The third-order valence-electron chi connectivity index (χ3n) is 4.64. The smallest absolute Gasteiger partial charge is 0.312 e. The minimum Gasteiger partial charge on any atom is -0.493 e. The second-order valence-electron chi connectivity index (χ2n) is 7.08. The van der Waals surface area contributed by atoms with E-state index < -0.39 is 11.8 Å². The number of nitrogens with zero attached hydrogens (tertiary/aromatic N) is 2. The highest BCUT2D eigenvalue weighted by Crippen LogP contribution is 2.33. The number of ether oxygens (including phenoxy) is 2. The molecule has 3 amide bonds. The van der Waals surface area contributed by atoms with Crippen molar-refractivity contribution in [2.75, 3.05) is 40.4 Å². The van der Waals surface area contributed by atoms with Gasteiger partial charge in [-0.05, 0) is 32.4 Å². The van der Waals surface area contributed by atoms with Crippen molar-refractivity contribution in [3.63, 3.8) is 0 Å². The number of piperazine rings is 1. The zero-order chi connectivity index (χ0) is 21.6. The summed E-state index contributed by atoms with van der Waals surface area (Å²) in [7, 11) is 3.08. The molecule has 1 heterocycles. The Bertz CT molecular complexity index is 783. The van der Waals surface area contributed by atoms with Crippen LogP contribution in [0.3, 0.4) is 0 Å². The van der Waals surface area contributed by atoms with Gasteiger partial charge < -0.3 is 24.6 Å². The number of rotatable bonds is 6. The number of carbonyl (C=O) groups is 3. The Morgan fingerprint density at radius 2 is 1.72 bits per heavy atom. The van der Waals surface area contributed by atoms with Crippen molar-refractivity contribution in [1.82, 2.24) is 15.1 Å². The van der Waals surface area contributed by atoms with E-state index in [1.807, 2.05) is 0 Å². The fourth-order valence-electron chi connectivity index (χ4n) is 3.24. The molecular weight excluding hydrogens is 374 g/mol. The Kier molecular flexibility index (Phi) is 7.64. The molecule has 0 spiro atoms. The number of nitrogens with one attached hydrogen (secondary N) is 1. The van der Waals surface area contributed by atoms with E-state index in [4.69, 9.17) is 9.47 Å². The van der Waals surface area contributed by atoms with Gasteiger partial charge in [0.1, 0.15) is 0 Å². The van der Waals surface area contributed by atoms with Gasteiger partial charge in [-0.3, -0.25) is 14.4 Å². The predicted molar refractivity (Wildman–Crippen MR) is 109 cm³/mol. The average Bonchev–Trinajstić information content (AvgIpc) is 2.71. The van der Waals surface area contributed by atoms with Gasteiger partial charge in [0.05, 0.1) is 14.2 Å². The molecule has 0 unspecified atom stereocenters. The number of carbonyl (C=O) groups excluding carboxylic acids is 3. The van der Waals surface area contributed by atoms with Crippen LogP contribution in [0.5, 0.6) is 11.5 Å². The van der Waals surface area contributed by atoms with Crippen molar-refractivity contribution in [2.45, 2.75) is 26.3 Å². The van der Waals surface area contributed by atoms with E-state index in [1.165, 1.54) is 12.0 Å². The lowest BCUT2D eigenvalue weighted by Gasteiger charge is -2.34. The lowest BCUT2D eigenvalue weighted by atomic mass is 10.0. The van der Waals surface area contributed by atoms with Crippen LogP contribution in [0.1, 0.15) is 29.8 Å². The molecular formula is C21H29N3O5. The second-order valence-corrected chi connectivity index (χ2v) is 7.08. The van der Waals surface area contributed by atoms with Gasteiger partial charge in [-0.2, -0.15) is 0 Å². The van der Waals surface area contributed by atoms with Gasteiger partial charge >= 0.3 is 11.8 Å². The van der Waals surface area contributed by atoms with Gasteiger partial charge in [0.2, 0.25) is 0 Å². The molecule has 8 nitrogen and oxygen atoms in total. The highest BCUT2D eigenvalue weighted by atomic mass is 16.5. The summed E-state index contributed by atoms with van der Waals surface area (Å²) >= 11 is 0. The number of benzene rings is 1. The van der Waals surface area contributed by atoms with Crippen molar-refractivity contribution in [3.05, 3.63) is 35.9 Å². The maximum atomic E-state index is 13.0. The first-order valence-corrected chi connectivity index (χ1v) is 9.57. The van der Waals surface area contributed by atoms with E-state index in [0.29, 0.717) is 49.7 Å². The monoisotopic (exact) mass is 403 g/mol. The average molecular weight is 403 g/mol.